The molecule has 1 rings (SSSR count). The molecule has 5 heteroatoms. The molecule has 16 heavy (non-hydrogen) atoms. The van der Waals surface area contributed by atoms with Crippen LogP contribution in [0, 0.1) is 21.4 Å². The number of hydrogen-bond donors (Lipinski definition) is 1. The highest BCUT2D eigenvalue weighted by atomic mass is 16.6. The van der Waals surface area contributed by atoms with Gasteiger partial charge in [-0.05, 0) is 6.08 Å². The van der Waals surface area contributed by atoms with Crippen molar-refractivity contribution in [2.45, 2.75) is 26.3 Å². The lowest BCUT2D eigenvalue weighted by Crippen LogP contribution is -2.57. The molecule has 0 aromatic rings. The molecule has 5 nitrogen and oxygen atoms in total. The molecule has 2 N–H and O–H groups in total. The first kappa shape index (κ1) is 12.4. The fourth-order valence-corrected chi connectivity index (χ4v) is 2.10. The van der Waals surface area contributed by atoms with E-state index in [1.165, 1.54) is 12.2 Å². The van der Waals surface area contributed by atoms with Crippen molar-refractivity contribution in [2.75, 3.05) is 0 Å². The van der Waals surface area contributed by atoms with Gasteiger partial charge >= 0.3 is 0 Å². The molecule has 88 valence electrons. The van der Waals surface area contributed by atoms with Gasteiger partial charge in [0, 0.05) is 10.3 Å². The molecule has 2 unspecified atom stereocenters. The number of hydrogen-bond acceptors (Lipinski definition) is 3. The van der Waals surface area contributed by atoms with Crippen molar-refractivity contribution in [1.82, 2.24) is 0 Å². The standard InChI is InChI=1S/C11H16N2O3/c1-10(2,3)11(13(15)16)7-5-4-6-8(11)9(12)14/h4-8H,1-3H3,(H2,12,14). The van der Waals surface area contributed by atoms with Crippen LogP contribution in [0.5, 0.6) is 0 Å². The highest BCUT2D eigenvalue weighted by Crippen LogP contribution is 2.42. The van der Waals surface area contributed by atoms with E-state index in [-0.39, 0.29) is 0 Å². The van der Waals surface area contributed by atoms with Crippen LogP contribution in [0.1, 0.15) is 20.8 Å². The van der Waals surface area contributed by atoms with Gasteiger partial charge < -0.3 is 5.73 Å². The van der Waals surface area contributed by atoms with Crippen LogP contribution in [0.4, 0.5) is 0 Å². The largest absolute Gasteiger partial charge is 0.369 e. The lowest BCUT2D eigenvalue weighted by molar-refractivity contribution is -0.579. The van der Waals surface area contributed by atoms with E-state index in [9.17, 15) is 14.9 Å². The highest BCUT2D eigenvalue weighted by Gasteiger charge is 2.59. The highest BCUT2D eigenvalue weighted by molar-refractivity contribution is 5.81. The second-order valence-electron chi connectivity index (χ2n) is 4.96. The molecule has 0 saturated heterocycles. The van der Waals surface area contributed by atoms with Gasteiger partial charge in [-0.25, -0.2) is 0 Å². The molecule has 1 aliphatic rings. The smallest absolute Gasteiger partial charge is 0.260 e. The van der Waals surface area contributed by atoms with E-state index in [1.54, 1.807) is 32.9 Å². The predicted molar refractivity (Wildman–Crippen MR) is 60.1 cm³/mol. The molecular formula is C11H16N2O3. The Hall–Kier alpha value is -1.65. The van der Waals surface area contributed by atoms with Crippen LogP contribution in [-0.2, 0) is 4.79 Å². The molecule has 0 aromatic carbocycles. The van der Waals surface area contributed by atoms with Crippen molar-refractivity contribution in [2.24, 2.45) is 17.1 Å². The molecule has 0 aliphatic heterocycles. The Bertz CT molecular complexity index is 379. The van der Waals surface area contributed by atoms with Crippen LogP contribution in [0.3, 0.4) is 0 Å². The van der Waals surface area contributed by atoms with Crippen LogP contribution in [0.2, 0.25) is 0 Å². The summed E-state index contributed by atoms with van der Waals surface area (Å²) in [5, 5.41) is 11.4. The van der Waals surface area contributed by atoms with Crippen molar-refractivity contribution in [3.05, 3.63) is 34.4 Å². The number of nitrogens with zero attached hydrogens (tertiary/aromatic N) is 1. The summed E-state index contributed by atoms with van der Waals surface area (Å²) in [7, 11) is 0. The van der Waals surface area contributed by atoms with Crippen molar-refractivity contribution in [3.8, 4) is 0 Å². The second-order valence-corrected chi connectivity index (χ2v) is 4.96. The zero-order valence-electron chi connectivity index (χ0n) is 9.64. The number of nitrogens with two attached hydrogens (primary N) is 1. The van der Waals surface area contributed by atoms with Gasteiger partial charge in [-0.1, -0.05) is 39.0 Å². The minimum atomic E-state index is -1.46. The summed E-state index contributed by atoms with van der Waals surface area (Å²) in [5.41, 5.74) is 3.09. The predicted octanol–water partition coefficient (Wildman–Crippen LogP) is 1.28. The van der Waals surface area contributed by atoms with Crippen molar-refractivity contribution in [3.63, 3.8) is 0 Å². The SMILES string of the molecule is CC(C)(C)C1([N+](=O)[O-])C=CC=CC1C(N)=O. The van der Waals surface area contributed by atoms with E-state index in [4.69, 9.17) is 5.73 Å². The molecule has 0 bridgehead atoms. The Balaban J connectivity index is 3.39. The van der Waals surface area contributed by atoms with E-state index < -0.39 is 27.7 Å². The number of carbonyl (C=O) groups excluding carboxylic acids is 1. The van der Waals surface area contributed by atoms with Crippen molar-refractivity contribution < 1.29 is 9.72 Å². The molecule has 0 saturated carbocycles. The molecule has 0 heterocycles. The summed E-state index contributed by atoms with van der Waals surface area (Å²) in [6.07, 6.45) is 6.16. The van der Waals surface area contributed by atoms with Crippen molar-refractivity contribution >= 4 is 5.91 Å². The minimum absolute atomic E-state index is 0.414. The zero-order chi connectivity index (χ0) is 12.6. The molecule has 0 aromatic heterocycles. The molecule has 0 radical (unpaired) electrons. The average Bonchev–Trinajstić information content (AvgIpc) is 2.15. The van der Waals surface area contributed by atoms with E-state index >= 15 is 0 Å². The summed E-state index contributed by atoms with van der Waals surface area (Å²) in [5.74, 6) is -1.58. The minimum Gasteiger partial charge on any atom is -0.369 e. The number of allylic oxidation sites excluding steroid dienone is 2. The Morgan fingerprint density at radius 1 is 1.44 bits per heavy atom. The van der Waals surface area contributed by atoms with Crippen LogP contribution >= 0.6 is 0 Å². The number of carbonyl (C=O) groups is 1. The maximum absolute atomic E-state index is 11.4. The zero-order valence-corrected chi connectivity index (χ0v) is 9.64. The lowest BCUT2D eigenvalue weighted by Gasteiger charge is -2.38. The first-order valence-electron chi connectivity index (χ1n) is 5.03. The average molecular weight is 224 g/mol. The maximum atomic E-state index is 11.4. The van der Waals surface area contributed by atoms with Crippen LogP contribution in [-0.4, -0.2) is 16.4 Å². The summed E-state index contributed by atoms with van der Waals surface area (Å²) in [6, 6.07) is 0. The molecule has 0 fully saturated rings. The molecule has 0 spiro atoms. The Morgan fingerprint density at radius 2 is 2.00 bits per heavy atom. The third-order valence-corrected chi connectivity index (χ3v) is 3.05. The van der Waals surface area contributed by atoms with Crippen molar-refractivity contribution in [1.29, 1.82) is 0 Å². The lowest BCUT2D eigenvalue weighted by atomic mass is 9.64. The summed E-state index contributed by atoms with van der Waals surface area (Å²) < 4.78 is 0. The summed E-state index contributed by atoms with van der Waals surface area (Å²) in [4.78, 5) is 22.3. The molecule has 2 atom stereocenters. The van der Waals surface area contributed by atoms with E-state index in [2.05, 4.69) is 0 Å². The topological polar surface area (TPSA) is 86.2 Å². The first-order chi connectivity index (χ1) is 7.23. The van der Waals surface area contributed by atoms with Gasteiger partial charge in [-0.2, -0.15) is 0 Å². The number of rotatable bonds is 2. The molecule has 1 aliphatic carbocycles. The third-order valence-electron chi connectivity index (χ3n) is 3.05. The third kappa shape index (κ3) is 1.62. The normalized spacial score (nSPS) is 29.1. The van der Waals surface area contributed by atoms with E-state index in [0.717, 1.165) is 0 Å². The van der Waals surface area contributed by atoms with Crippen LogP contribution in [0.25, 0.3) is 0 Å². The van der Waals surface area contributed by atoms with Crippen LogP contribution in [0.15, 0.2) is 24.3 Å². The first-order valence-corrected chi connectivity index (χ1v) is 5.03. The fraction of sp³-hybridized carbons (Fsp3) is 0.545. The van der Waals surface area contributed by atoms with E-state index in [0.29, 0.717) is 0 Å². The van der Waals surface area contributed by atoms with Gasteiger partial charge in [0.05, 0.1) is 0 Å². The van der Waals surface area contributed by atoms with Gasteiger partial charge in [-0.15, -0.1) is 0 Å². The van der Waals surface area contributed by atoms with Gasteiger partial charge in [0.25, 0.3) is 5.54 Å². The monoisotopic (exact) mass is 224 g/mol. The number of amides is 1. The number of primary amides is 1. The summed E-state index contributed by atoms with van der Waals surface area (Å²) in [6.45, 7) is 5.19. The second kappa shape index (κ2) is 3.73. The Labute approximate surface area is 94.2 Å². The fourth-order valence-electron chi connectivity index (χ4n) is 2.10. The van der Waals surface area contributed by atoms with Gasteiger partial charge in [0.2, 0.25) is 5.91 Å². The van der Waals surface area contributed by atoms with Crippen LogP contribution < -0.4 is 5.73 Å². The van der Waals surface area contributed by atoms with Gasteiger partial charge in [0.15, 0.2) is 0 Å². The molecule has 1 amide bonds. The van der Waals surface area contributed by atoms with Gasteiger partial charge in [-0.3, -0.25) is 14.9 Å². The maximum Gasteiger partial charge on any atom is 0.260 e. The van der Waals surface area contributed by atoms with E-state index in [1.807, 2.05) is 0 Å². The summed E-state index contributed by atoms with van der Waals surface area (Å²) >= 11 is 0. The Kier molecular flexibility index (Phi) is 2.90. The van der Waals surface area contributed by atoms with Gasteiger partial charge in [0.1, 0.15) is 5.92 Å². The quantitative estimate of drug-likeness (QED) is 0.566. The number of nitro groups is 1. The molecular weight excluding hydrogens is 208 g/mol. The Morgan fingerprint density at radius 3 is 2.31 bits per heavy atom.